The molecule has 0 amide bonds. The van der Waals surface area contributed by atoms with E-state index in [-0.39, 0.29) is 0 Å². The van der Waals surface area contributed by atoms with Gasteiger partial charge in [-0.1, -0.05) is 26.1 Å². The first-order chi connectivity index (χ1) is 7.00. The number of rotatable bonds is 7. The lowest BCUT2D eigenvalue weighted by Gasteiger charge is -2.29. The van der Waals surface area contributed by atoms with E-state index < -0.39 is 0 Å². The highest BCUT2D eigenvalue weighted by molar-refractivity contribution is 7.80. The normalized spacial score (nSPS) is 18.5. The maximum Gasteiger partial charge on any atom is 0.0742 e. The van der Waals surface area contributed by atoms with Crippen molar-refractivity contribution < 1.29 is 0 Å². The van der Waals surface area contributed by atoms with Gasteiger partial charge < -0.3 is 5.73 Å². The molecule has 1 saturated carbocycles. The van der Waals surface area contributed by atoms with E-state index >= 15 is 0 Å². The summed E-state index contributed by atoms with van der Waals surface area (Å²) in [4.78, 5) is 3.25. The zero-order valence-electron chi connectivity index (χ0n) is 10.2. The van der Waals surface area contributed by atoms with Crippen molar-refractivity contribution in [1.29, 1.82) is 0 Å². The summed E-state index contributed by atoms with van der Waals surface area (Å²) in [5.41, 5.74) is 5.61. The largest absolute Gasteiger partial charge is 0.393 e. The molecule has 0 aromatic heterocycles. The van der Waals surface area contributed by atoms with Crippen molar-refractivity contribution in [2.24, 2.45) is 11.7 Å². The lowest BCUT2D eigenvalue weighted by molar-refractivity contribution is 0.192. The molecule has 0 saturated heterocycles. The molecule has 1 rings (SSSR count). The Kier molecular flexibility index (Phi) is 5.00. The van der Waals surface area contributed by atoms with Crippen LogP contribution in [-0.4, -0.2) is 28.5 Å². The fourth-order valence-corrected chi connectivity index (χ4v) is 2.23. The van der Waals surface area contributed by atoms with Crippen molar-refractivity contribution in [2.45, 2.75) is 58.5 Å². The van der Waals surface area contributed by atoms with Crippen LogP contribution < -0.4 is 5.73 Å². The van der Waals surface area contributed by atoms with Gasteiger partial charge in [-0.15, -0.1) is 0 Å². The van der Waals surface area contributed by atoms with Crippen LogP contribution in [-0.2, 0) is 0 Å². The minimum Gasteiger partial charge on any atom is -0.393 e. The average Bonchev–Trinajstić information content (AvgIpc) is 2.86. The second-order valence-corrected chi connectivity index (χ2v) is 5.70. The summed E-state index contributed by atoms with van der Waals surface area (Å²) in [6.07, 6.45) is 4.86. The third-order valence-corrected chi connectivity index (χ3v) is 3.21. The van der Waals surface area contributed by atoms with E-state index in [1.54, 1.807) is 0 Å². The van der Waals surface area contributed by atoms with E-state index in [1.807, 2.05) is 0 Å². The molecule has 0 spiro atoms. The van der Waals surface area contributed by atoms with Gasteiger partial charge in [-0.2, -0.15) is 0 Å². The SMILES string of the molecule is CC(C)CCN(C(C)CC(N)=S)C1CC1. The van der Waals surface area contributed by atoms with Gasteiger partial charge in [0.2, 0.25) is 0 Å². The van der Waals surface area contributed by atoms with Gasteiger partial charge in [0.05, 0.1) is 4.99 Å². The maximum absolute atomic E-state index is 5.61. The number of hydrogen-bond donors (Lipinski definition) is 1. The molecule has 0 bridgehead atoms. The third kappa shape index (κ3) is 4.94. The molecule has 1 fully saturated rings. The van der Waals surface area contributed by atoms with E-state index in [0.717, 1.165) is 18.4 Å². The molecule has 2 N–H and O–H groups in total. The fourth-order valence-electron chi connectivity index (χ4n) is 1.98. The summed E-state index contributed by atoms with van der Waals surface area (Å²) in [7, 11) is 0. The van der Waals surface area contributed by atoms with E-state index in [1.165, 1.54) is 25.8 Å². The van der Waals surface area contributed by atoms with Gasteiger partial charge in [-0.25, -0.2) is 0 Å². The van der Waals surface area contributed by atoms with Crippen molar-refractivity contribution in [3.05, 3.63) is 0 Å². The molecule has 0 aromatic rings. The van der Waals surface area contributed by atoms with Crippen LogP contribution in [0.1, 0.15) is 46.5 Å². The summed E-state index contributed by atoms with van der Waals surface area (Å²) in [5.74, 6) is 0.781. The van der Waals surface area contributed by atoms with Crippen molar-refractivity contribution in [2.75, 3.05) is 6.54 Å². The highest BCUT2D eigenvalue weighted by Crippen LogP contribution is 2.29. The fraction of sp³-hybridized carbons (Fsp3) is 0.917. The lowest BCUT2D eigenvalue weighted by atomic mass is 10.1. The van der Waals surface area contributed by atoms with Crippen LogP contribution in [0.25, 0.3) is 0 Å². The van der Waals surface area contributed by atoms with Crippen LogP contribution in [0, 0.1) is 5.92 Å². The van der Waals surface area contributed by atoms with Crippen molar-refractivity contribution in [3.8, 4) is 0 Å². The topological polar surface area (TPSA) is 29.3 Å². The zero-order chi connectivity index (χ0) is 11.4. The Morgan fingerprint density at radius 2 is 2.00 bits per heavy atom. The molecule has 88 valence electrons. The standard InChI is InChI=1S/C12H24N2S/c1-9(2)6-7-14(11-4-5-11)10(3)8-12(13)15/h9-11H,4-8H2,1-3H3,(H2,13,15). The minimum atomic E-state index is 0.522. The van der Waals surface area contributed by atoms with E-state index in [0.29, 0.717) is 11.0 Å². The Bertz CT molecular complexity index is 212. The summed E-state index contributed by atoms with van der Waals surface area (Å²) < 4.78 is 0. The maximum atomic E-state index is 5.61. The van der Waals surface area contributed by atoms with Gasteiger partial charge in [-0.3, -0.25) is 4.90 Å². The molecule has 0 heterocycles. The first-order valence-electron chi connectivity index (χ1n) is 6.04. The van der Waals surface area contributed by atoms with Crippen LogP contribution >= 0.6 is 12.2 Å². The van der Waals surface area contributed by atoms with Gasteiger partial charge in [0.25, 0.3) is 0 Å². The Labute approximate surface area is 99.2 Å². The van der Waals surface area contributed by atoms with Gasteiger partial charge in [0.15, 0.2) is 0 Å². The number of nitrogens with two attached hydrogens (primary N) is 1. The van der Waals surface area contributed by atoms with Crippen LogP contribution in [0.3, 0.4) is 0 Å². The van der Waals surface area contributed by atoms with Crippen LogP contribution in [0.5, 0.6) is 0 Å². The lowest BCUT2D eigenvalue weighted by Crippen LogP contribution is -2.38. The molecule has 1 aliphatic carbocycles. The minimum absolute atomic E-state index is 0.522. The first kappa shape index (κ1) is 12.9. The molecule has 0 radical (unpaired) electrons. The van der Waals surface area contributed by atoms with E-state index in [4.69, 9.17) is 18.0 Å². The molecule has 1 aliphatic rings. The molecule has 0 aliphatic heterocycles. The number of hydrogen-bond acceptors (Lipinski definition) is 2. The quantitative estimate of drug-likeness (QED) is 0.679. The molecular formula is C12H24N2S. The third-order valence-electron chi connectivity index (χ3n) is 3.04. The Balaban J connectivity index is 2.38. The highest BCUT2D eigenvalue weighted by atomic mass is 32.1. The van der Waals surface area contributed by atoms with Gasteiger partial charge >= 0.3 is 0 Å². The predicted molar refractivity (Wildman–Crippen MR) is 70.0 cm³/mol. The monoisotopic (exact) mass is 228 g/mol. The molecule has 1 unspecified atom stereocenters. The average molecular weight is 228 g/mol. The number of nitrogens with zero attached hydrogens (tertiary/aromatic N) is 1. The van der Waals surface area contributed by atoms with Gasteiger partial charge in [-0.05, 0) is 38.6 Å². The van der Waals surface area contributed by atoms with Crippen LogP contribution in [0.4, 0.5) is 0 Å². The first-order valence-corrected chi connectivity index (χ1v) is 6.45. The molecule has 0 aromatic carbocycles. The van der Waals surface area contributed by atoms with E-state index in [2.05, 4.69) is 25.7 Å². The predicted octanol–water partition coefficient (Wildman–Crippen LogP) is 2.56. The summed E-state index contributed by atoms with van der Waals surface area (Å²) in [6.45, 7) is 8.01. The smallest absolute Gasteiger partial charge is 0.0742 e. The van der Waals surface area contributed by atoms with Crippen molar-refractivity contribution >= 4 is 17.2 Å². The molecule has 1 atom stereocenters. The van der Waals surface area contributed by atoms with Crippen molar-refractivity contribution in [3.63, 3.8) is 0 Å². The Hall–Kier alpha value is -0.150. The number of thiocarbonyl (C=S) groups is 1. The molecular weight excluding hydrogens is 204 g/mol. The molecule has 3 heteroatoms. The molecule has 15 heavy (non-hydrogen) atoms. The van der Waals surface area contributed by atoms with E-state index in [9.17, 15) is 0 Å². The molecule has 2 nitrogen and oxygen atoms in total. The second-order valence-electron chi connectivity index (χ2n) is 5.17. The summed E-state index contributed by atoms with van der Waals surface area (Å²) >= 11 is 4.98. The highest BCUT2D eigenvalue weighted by Gasteiger charge is 2.31. The van der Waals surface area contributed by atoms with Crippen LogP contribution in [0.2, 0.25) is 0 Å². The zero-order valence-corrected chi connectivity index (χ0v) is 11.0. The summed E-state index contributed by atoms with van der Waals surface area (Å²) in [6, 6.07) is 1.34. The van der Waals surface area contributed by atoms with Crippen molar-refractivity contribution in [1.82, 2.24) is 4.90 Å². The second kappa shape index (κ2) is 5.80. The Morgan fingerprint density at radius 1 is 1.40 bits per heavy atom. The van der Waals surface area contributed by atoms with Crippen LogP contribution in [0.15, 0.2) is 0 Å². The van der Waals surface area contributed by atoms with Gasteiger partial charge in [0.1, 0.15) is 0 Å². The van der Waals surface area contributed by atoms with Gasteiger partial charge in [0, 0.05) is 18.5 Å². The summed E-state index contributed by atoms with van der Waals surface area (Å²) in [5, 5.41) is 0. The Morgan fingerprint density at radius 3 is 2.40 bits per heavy atom.